The Bertz CT molecular complexity index is 205. The molecular formula is C14H36NO6P. The maximum Gasteiger partial charge on any atom is 0.466 e. The Balaban J connectivity index is -0.000000330. The lowest BCUT2D eigenvalue weighted by molar-refractivity contribution is 0.275. The molecule has 0 amide bonds. The Labute approximate surface area is 134 Å². The number of rotatable bonds is 11. The van der Waals surface area contributed by atoms with Crippen LogP contribution in [0.15, 0.2) is 0 Å². The average Bonchev–Trinajstić information content (AvgIpc) is 2.44. The Hall–Kier alpha value is -0.0100. The quantitative estimate of drug-likeness (QED) is 0.248. The predicted octanol–water partition coefficient (Wildman–Crippen LogP) is 1.91. The number of nitrogens with two attached hydrogens (primary N) is 1. The lowest BCUT2D eigenvalue weighted by Gasteiger charge is -2.00. The molecule has 0 radical (unpaired) electrons. The number of phosphoric acid groups is 1. The molecule has 0 heterocycles. The lowest BCUT2D eigenvalue weighted by atomic mass is 10.1. The Kier molecular flexibility index (Phi) is 28.4. The van der Waals surface area contributed by atoms with Gasteiger partial charge in [-0.25, -0.2) is 4.57 Å². The van der Waals surface area contributed by atoms with Crippen LogP contribution in [0.3, 0.4) is 0 Å². The van der Waals surface area contributed by atoms with E-state index < -0.39 is 7.82 Å². The number of hydrogen-bond acceptors (Lipinski definition) is 4. The van der Waals surface area contributed by atoms with Gasteiger partial charge in [0.15, 0.2) is 0 Å². The van der Waals surface area contributed by atoms with Crippen molar-refractivity contribution in [2.75, 3.05) is 19.8 Å². The topological polar surface area (TPSA) is 144 Å². The molecule has 0 bridgehead atoms. The van der Waals surface area contributed by atoms with Gasteiger partial charge in [-0.1, -0.05) is 64.7 Å². The number of aliphatic hydroxyl groups is 2. The lowest BCUT2D eigenvalue weighted by Crippen LogP contribution is -2.02. The summed E-state index contributed by atoms with van der Waals surface area (Å²) >= 11 is 0. The molecule has 0 unspecified atom stereocenters. The standard InChI is InChI=1S/C12H26O.C2H7NO.H3O4P/c1-2-3-4-5-6-7-8-9-10-11-12-13;3-1-2-4;1-5(2,3)4/h13H,2-12H2,1H3;4H,1-3H2;(H3,1,2,3,4). The third-order valence-corrected chi connectivity index (χ3v) is 2.64. The van der Waals surface area contributed by atoms with Gasteiger partial charge in [0.1, 0.15) is 0 Å². The molecule has 0 saturated carbocycles. The molecule has 0 aliphatic heterocycles. The second-order valence-electron chi connectivity index (χ2n) is 4.93. The normalized spacial score (nSPS) is 10.3. The van der Waals surface area contributed by atoms with Crippen molar-refractivity contribution < 1.29 is 29.5 Å². The van der Waals surface area contributed by atoms with Gasteiger partial charge < -0.3 is 30.6 Å². The van der Waals surface area contributed by atoms with Crippen LogP contribution in [-0.2, 0) is 4.57 Å². The molecule has 22 heavy (non-hydrogen) atoms. The van der Waals surface area contributed by atoms with Crippen LogP contribution in [0.25, 0.3) is 0 Å². The van der Waals surface area contributed by atoms with E-state index in [1.807, 2.05) is 0 Å². The van der Waals surface area contributed by atoms with Gasteiger partial charge in [0.2, 0.25) is 0 Å². The average molecular weight is 345 g/mol. The summed E-state index contributed by atoms with van der Waals surface area (Å²) in [5.74, 6) is 0. The van der Waals surface area contributed by atoms with Crippen LogP contribution < -0.4 is 5.73 Å². The molecule has 0 aromatic carbocycles. The number of aliphatic hydroxyl groups excluding tert-OH is 2. The first-order valence-electron chi connectivity index (χ1n) is 8.03. The van der Waals surface area contributed by atoms with Crippen LogP contribution in [-0.4, -0.2) is 44.7 Å². The second kappa shape index (κ2) is 23.3. The van der Waals surface area contributed by atoms with E-state index in [1.165, 1.54) is 57.8 Å². The Morgan fingerprint density at radius 1 is 0.727 bits per heavy atom. The molecule has 8 heteroatoms. The fourth-order valence-electron chi connectivity index (χ4n) is 1.60. The molecule has 0 spiro atoms. The van der Waals surface area contributed by atoms with Crippen molar-refractivity contribution >= 4 is 7.82 Å². The highest BCUT2D eigenvalue weighted by atomic mass is 31.2. The molecule has 0 aromatic rings. The van der Waals surface area contributed by atoms with Gasteiger partial charge in [0, 0.05) is 13.2 Å². The molecule has 0 atom stereocenters. The maximum atomic E-state index is 8.88. The first-order chi connectivity index (χ1) is 10.3. The third-order valence-electron chi connectivity index (χ3n) is 2.64. The van der Waals surface area contributed by atoms with Gasteiger partial charge in [-0.15, -0.1) is 0 Å². The summed E-state index contributed by atoms with van der Waals surface area (Å²) in [7, 11) is -4.64. The van der Waals surface area contributed by atoms with E-state index in [9.17, 15) is 0 Å². The maximum absolute atomic E-state index is 8.88. The minimum Gasteiger partial charge on any atom is -0.396 e. The summed E-state index contributed by atoms with van der Waals surface area (Å²) in [6.07, 6.45) is 13.3. The van der Waals surface area contributed by atoms with Crippen LogP contribution >= 0.6 is 7.82 Å². The minimum absolute atomic E-state index is 0.0972. The van der Waals surface area contributed by atoms with Crippen molar-refractivity contribution in [1.82, 2.24) is 0 Å². The van der Waals surface area contributed by atoms with E-state index in [1.54, 1.807) is 0 Å². The van der Waals surface area contributed by atoms with Gasteiger partial charge in [-0.3, -0.25) is 0 Å². The highest BCUT2D eigenvalue weighted by Gasteiger charge is 2.00. The Morgan fingerprint density at radius 3 is 1.23 bits per heavy atom. The summed E-state index contributed by atoms with van der Waals surface area (Å²) in [6, 6.07) is 0. The van der Waals surface area contributed by atoms with E-state index in [4.69, 9.17) is 35.2 Å². The van der Waals surface area contributed by atoms with E-state index in [0.717, 1.165) is 6.42 Å². The van der Waals surface area contributed by atoms with Crippen LogP contribution in [0, 0.1) is 0 Å². The summed E-state index contributed by atoms with van der Waals surface area (Å²) in [6.45, 7) is 3.10. The van der Waals surface area contributed by atoms with Gasteiger partial charge >= 0.3 is 7.82 Å². The number of unbranched alkanes of at least 4 members (excludes halogenated alkanes) is 9. The largest absolute Gasteiger partial charge is 0.466 e. The van der Waals surface area contributed by atoms with Crippen molar-refractivity contribution in [2.24, 2.45) is 5.73 Å². The highest BCUT2D eigenvalue weighted by molar-refractivity contribution is 7.45. The summed E-state index contributed by atoms with van der Waals surface area (Å²) in [5, 5.41) is 16.3. The second-order valence-corrected chi connectivity index (χ2v) is 5.96. The molecule has 0 rings (SSSR count). The monoisotopic (exact) mass is 345 g/mol. The van der Waals surface area contributed by atoms with Crippen molar-refractivity contribution in [3.63, 3.8) is 0 Å². The minimum atomic E-state index is -4.64. The summed E-state index contributed by atoms with van der Waals surface area (Å²) < 4.78 is 8.88. The van der Waals surface area contributed by atoms with Crippen LogP contribution in [0.1, 0.15) is 71.1 Å². The predicted molar refractivity (Wildman–Crippen MR) is 89.3 cm³/mol. The zero-order valence-corrected chi connectivity index (χ0v) is 14.8. The summed E-state index contributed by atoms with van der Waals surface area (Å²) in [5.41, 5.74) is 4.78. The molecule has 0 aromatic heterocycles. The molecule has 138 valence electrons. The fourth-order valence-corrected chi connectivity index (χ4v) is 1.60. The zero-order chi connectivity index (χ0) is 17.7. The van der Waals surface area contributed by atoms with Gasteiger partial charge in [-0.2, -0.15) is 0 Å². The highest BCUT2D eigenvalue weighted by Crippen LogP contribution is 2.25. The molecule has 0 saturated heterocycles. The van der Waals surface area contributed by atoms with Crippen molar-refractivity contribution in [3.8, 4) is 0 Å². The fraction of sp³-hybridized carbons (Fsp3) is 1.00. The third kappa shape index (κ3) is 59.7. The molecule has 0 aliphatic carbocycles. The Morgan fingerprint density at radius 2 is 1.00 bits per heavy atom. The van der Waals surface area contributed by atoms with Crippen LogP contribution in [0.2, 0.25) is 0 Å². The first kappa shape index (κ1) is 26.9. The van der Waals surface area contributed by atoms with Gasteiger partial charge in [-0.05, 0) is 6.42 Å². The van der Waals surface area contributed by atoms with Crippen molar-refractivity contribution in [1.29, 1.82) is 0 Å². The van der Waals surface area contributed by atoms with Crippen LogP contribution in [0.4, 0.5) is 0 Å². The molecule has 0 aliphatic rings. The van der Waals surface area contributed by atoms with E-state index in [2.05, 4.69) is 6.92 Å². The SMILES string of the molecule is CCCCCCCCCCCCO.NCCO.O=P(O)(O)O. The number of hydrogen-bond donors (Lipinski definition) is 6. The molecular weight excluding hydrogens is 309 g/mol. The van der Waals surface area contributed by atoms with Gasteiger partial charge in [0.25, 0.3) is 0 Å². The molecule has 0 fully saturated rings. The smallest absolute Gasteiger partial charge is 0.396 e. The zero-order valence-electron chi connectivity index (χ0n) is 13.9. The molecule has 7 nitrogen and oxygen atoms in total. The summed E-state index contributed by atoms with van der Waals surface area (Å²) in [4.78, 5) is 21.6. The first-order valence-corrected chi connectivity index (χ1v) is 9.60. The van der Waals surface area contributed by atoms with Crippen molar-refractivity contribution in [3.05, 3.63) is 0 Å². The van der Waals surface area contributed by atoms with Crippen molar-refractivity contribution in [2.45, 2.75) is 71.1 Å². The van der Waals surface area contributed by atoms with Crippen LogP contribution in [0.5, 0.6) is 0 Å². The van der Waals surface area contributed by atoms with Gasteiger partial charge in [0.05, 0.1) is 6.61 Å². The molecule has 7 N–H and O–H groups in total. The van der Waals surface area contributed by atoms with E-state index in [0.29, 0.717) is 13.2 Å². The van der Waals surface area contributed by atoms with E-state index in [-0.39, 0.29) is 6.61 Å². The van der Waals surface area contributed by atoms with E-state index >= 15 is 0 Å².